The monoisotopic (exact) mass is 245 g/mol. The van der Waals surface area contributed by atoms with Gasteiger partial charge < -0.3 is 5.32 Å². The van der Waals surface area contributed by atoms with Crippen LogP contribution < -0.4 is 5.32 Å². The zero-order valence-electron chi connectivity index (χ0n) is 9.81. The van der Waals surface area contributed by atoms with E-state index in [4.69, 9.17) is 4.98 Å². The molecule has 1 fully saturated rings. The van der Waals surface area contributed by atoms with E-state index in [1.165, 1.54) is 24.1 Å². The quantitative estimate of drug-likeness (QED) is 0.884. The average Bonchev–Trinajstić information content (AvgIpc) is 3.00. The Balaban J connectivity index is 1.89. The van der Waals surface area contributed by atoms with Crippen LogP contribution in [0.5, 0.6) is 0 Å². The summed E-state index contributed by atoms with van der Waals surface area (Å²) in [5.41, 5.74) is 3.38. The summed E-state index contributed by atoms with van der Waals surface area (Å²) in [5.74, 6) is 0. The lowest BCUT2D eigenvalue weighted by atomic mass is 10.2. The van der Waals surface area contributed by atoms with Gasteiger partial charge in [-0.1, -0.05) is 0 Å². The molecule has 3 rings (SSSR count). The van der Waals surface area contributed by atoms with Gasteiger partial charge in [-0.15, -0.1) is 11.3 Å². The second kappa shape index (κ2) is 4.55. The second-order valence-corrected chi connectivity index (χ2v) is 5.30. The molecule has 0 spiro atoms. The van der Waals surface area contributed by atoms with Crippen molar-refractivity contribution in [3.8, 4) is 10.7 Å². The predicted octanol–water partition coefficient (Wildman–Crippen LogP) is 2.94. The van der Waals surface area contributed by atoms with E-state index in [1.807, 2.05) is 12.3 Å². The summed E-state index contributed by atoms with van der Waals surface area (Å²) < 4.78 is 0. The lowest BCUT2D eigenvalue weighted by Crippen LogP contribution is -2.12. The van der Waals surface area contributed by atoms with Crippen LogP contribution in [0.15, 0.2) is 23.7 Å². The molecule has 0 amide bonds. The van der Waals surface area contributed by atoms with E-state index in [0.717, 1.165) is 17.2 Å². The van der Waals surface area contributed by atoms with E-state index < -0.39 is 0 Å². The highest BCUT2D eigenvalue weighted by atomic mass is 32.1. The van der Waals surface area contributed by atoms with Gasteiger partial charge in [-0.2, -0.15) is 0 Å². The molecule has 1 saturated heterocycles. The second-order valence-electron chi connectivity index (χ2n) is 4.44. The fraction of sp³-hybridized carbons (Fsp3) is 0.385. The number of hydrogen-bond donors (Lipinski definition) is 1. The van der Waals surface area contributed by atoms with E-state index in [9.17, 15) is 0 Å². The van der Waals surface area contributed by atoms with Gasteiger partial charge in [0.05, 0.1) is 17.4 Å². The van der Waals surface area contributed by atoms with Crippen LogP contribution in [0.25, 0.3) is 10.7 Å². The number of rotatable bonds is 2. The maximum absolute atomic E-state index is 4.70. The molecule has 0 saturated carbocycles. The van der Waals surface area contributed by atoms with Crippen LogP contribution in [-0.2, 0) is 0 Å². The zero-order chi connectivity index (χ0) is 11.7. The number of thiazole rings is 1. The van der Waals surface area contributed by atoms with Crippen LogP contribution in [0.4, 0.5) is 0 Å². The normalized spacial score (nSPS) is 19.7. The fourth-order valence-corrected chi connectivity index (χ4v) is 2.99. The number of aryl methyl sites for hydroxylation is 1. The van der Waals surface area contributed by atoms with Crippen molar-refractivity contribution < 1.29 is 0 Å². The topological polar surface area (TPSA) is 37.8 Å². The lowest BCUT2D eigenvalue weighted by molar-refractivity contribution is 0.632. The Kier molecular flexibility index (Phi) is 2.91. The predicted molar refractivity (Wildman–Crippen MR) is 70.1 cm³/mol. The third-order valence-corrected chi connectivity index (χ3v) is 3.96. The minimum atomic E-state index is 0.449. The molecule has 0 aliphatic carbocycles. The van der Waals surface area contributed by atoms with Crippen molar-refractivity contribution in [3.05, 3.63) is 35.0 Å². The number of nitrogens with one attached hydrogen (secondary N) is 1. The number of hydrogen-bond acceptors (Lipinski definition) is 4. The van der Waals surface area contributed by atoms with Gasteiger partial charge in [-0.25, -0.2) is 4.98 Å². The molecule has 3 heterocycles. The third kappa shape index (κ3) is 2.23. The maximum Gasteiger partial charge on any atom is 0.142 e. The Labute approximate surface area is 105 Å². The molecule has 88 valence electrons. The highest BCUT2D eigenvalue weighted by Crippen LogP contribution is 2.28. The first kappa shape index (κ1) is 10.9. The summed E-state index contributed by atoms with van der Waals surface area (Å²) in [6.45, 7) is 3.19. The summed E-state index contributed by atoms with van der Waals surface area (Å²) >= 11 is 1.68. The Hall–Kier alpha value is -1.26. The first-order valence-electron chi connectivity index (χ1n) is 5.95. The van der Waals surface area contributed by atoms with Crippen LogP contribution in [0.1, 0.15) is 30.1 Å². The largest absolute Gasteiger partial charge is 0.309 e. The van der Waals surface area contributed by atoms with Crippen LogP contribution >= 0.6 is 11.3 Å². The summed E-state index contributed by atoms with van der Waals surface area (Å²) in [5, 5.41) is 6.65. The average molecular weight is 245 g/mol. The van der Waals surface area contributed by atoms with E-state index in [0.29, 0.717) is 6.04 Å². The van der Waals surface area contributed by atoms with Gasteiger partial charge in [-0.05, 0) is 44.0 Å². The van der Waals surface area contributed by atoms with Crippen molar-refractivity contribution in [3.63, 3.8) is 0 Å². The van der Waals surface area contributed by atoms with Gasteiger partial charge in [0.15, 0.2) is 0 Å². The third-order valence-electron chi connectivity index (χ3n) is 3.07. The molecule has 2 aromatic rings. The minimum Gasteiger partial charge on any atom is -0.309 e. The summed E-state index contributed by atoms with van der Waals surface area (Å²) in [6.07, 6.45) is 4.30. The van der Waals surface area contributed by atoms with Crippen molar-refractivity contribution >= 4 is 11.3 Å². The van der Waals surface area contributed by atoms with Gasteiger partial charge in [0.2, 0.25) is 0 Å². The van der Waals surface area contributed by atoms with Crippen LogP contribution in [0, 0.1) is 6.92 Å². The maximum atomic E-state index is 4.70. The van der Waals surface area contributed by atoms with Gasteiger partial charge in [0, 0.05) is 11.6 Å². The van der Waals surface area contributed by atoms with E-state index in [-0.39, 0.29) is 0 Å². The Morgan fingerprint density at radius 2 is 2.41 bits per heavy atom. The number of nitrogens with zero attached hydrogens (tertiary/aromatic N) is 2. The molecule has 3 nitrogen and oxygen atoms in total. The molecular formula is C13H15N3S. The minimum absolute atomic E-state index is 0.449. The SMILES string of the molecule is Cc1ccnc(-c2nc([C@@H]3CCCN3)cs2)c1. The highest BCUT2D eigenvalue weighted by Gasteiger charge is 2.19. The molecule has 17 heavy (non-hydrogen) atoms. The number of aromatic nitrogens is 2. The molecule has 1 atom stereocenters. The Morgan fingerprint density at radius 1 is 1.47 bits per heavy atom. The van der Waals surface area contributed by atoms with Gasteiger partial charge in [0.1, 0.15) is 5.01 Å². The highest BCUT2D eigenvalue weighted by molar-refractivity contribution is 7.13. The van der Waals surface area contributed by atoms with Crippen molar-refractivity contribution in [2.75, 3.05) is 6.54 Å². The van der Waals surface area contributed by atoms with Crippen molar-refractivity contribution in [2.45, 2.75) is 25.8 Å². The molecule has 0 aromatic carbocycles. The first-order chi connectivity index (χ1) is 8.33. The van der Waals surface area contributed by atoms with Crippen LogP contribution in [0.2, 0.25) is 0 Å². The smallest absolute Gasteiger partial charge is 0.142 e. The molecule has 1 aliphatic rings. The Bertz CT molecular complexity index is 515. The molecule has 0 radical (unpaired) electrons. The van der Waals surface area contributed by atoms with E-state index in [2.05, 4.69) is 28.7 Å². The van der Waals surface area contributed by atoms with E-state index >= 15 is 0 Å². The van der Waals surface area contributed by atoms with Crippen molar-refractivity contribution in [2.24, 2.45) is 0 Å². The first-order valence-corrected chi connectivity index (χ1v) is 6.83. The standard InChI is InChI=1S/C13H15N3S/c1-9-4-6-15-11(7-9)13-16-12(8-17-13)10-3-2-5-14-10/h4,6-8,10,14H,2-3,5H2,1H3/t10-/m0/s1. The summed E-state index contributed by atoms with van der Waals surface area (Å²) in [4.78, 5) is 9.07. The Morgan fingerprint density at radius 3 is 3.18 bits per heavy atom. The van der Waals surface area contributed by atoms with Gasteiger partial charge >= 0.3 is 0 Å². The van der Waals surface area contributed by atoms with Crippen LogP contribution in [-0.4, -0.2) is 16.5 Å². The summed E-state index contributed by atoms with van der Waals surface area (Å²) in [7, 11) is 0. The summed E-state index contributed by atoms with van der Waals surface area (Å²) in [6, 6.07) is 4.55. The molecule has 0 unspecified atom stereocenters. The molecule has 1 N–H and O–H groups in total. The molecule has 0 bridgehead atoms. The fourth-order valence-electron chi connectivity index (χ4n) is 2.15. The van der Waals surface area contributed by atoms with Crippen molar-refractivity contribution in [1.82, 2.24) is 15.3 Å². The number of pyridine rings is 1. The van der Waals surface area contributed by atoms with Gasteiger partial charge in [-0.3, -0.25) is 4.98 Å². The molecular weight excluding hydrogens is 230 g/mol. The molecule has 4 heteroatoms. The lowest BCUT2D eigenvalue weighted by Gasteiger charge is -2.04. The zero-order valence-corrected chi connectivity index (χ0v) is 10.6. The van der Waals surface area contributed by atoms with Gasteiger partial charge in [0.25, 0.3) is 0 Å². The van der Waals surface area contributed by atoms with E-state index in [1.54, 1.807) is 11.3 Å². The molecule has 1 aliphatic heterocycles. The molecule has 2 aromatic heterocycles. The van der Waals surface area contributed by atoms with Crippen molar-refractivity contribution in [1.29, 1.82) is 0 Å². The van der Waals surface area contributed by atoms with Crippen LogP contribution in [0.3, 0.4) is 0 Å².